The minimum atomic E-state index is -0.230. The number of carbonyl (C=O) groups is 2. The SMILES string of the molecule is CCC(C=C/C=C(\C)OC(=O)C1CCC(C)CC1)OC(=O)C1CCC(C)CC1. The number of allylic oxidation sites excluding steroid dienone is 3. The van der Waals surface area contributed by atoms with Gasteiger partial charge in [0.15, 0.2) is 0 Å². The third kappa shape index (κ3) is 7.44. The molecule has 0 bridgehead atoms. The summed E-state index contributed by atoms with van der Waals surface area (Å²) in [4.78, 5) is 24.6. The highest BCUT2D eigenvalue weighted by molar-refractivity contribution is 5.73. The molecule has 2 aliphatic carbocycles. The highest BCUT2D eigenvalue weighted by Gasteiger charge is 2.27. The summed E-state index contributed by atoms with van der Waals surface area (Å²) in [6.07, 6.45) is 14.2. The average molecular weight is 391 g/mol. The van der Waals surface area contributed by atoms with Crippen molar-refractivity contribution in [2.45, 2.75) is 91.6 Å². The first-order valence-electron chi connectivity index (χ1n) is 11.2. The molecule has 2 aliphatic rings. The average Bonchev–Trinajstić information content (AvgIpc) is 2.68. The van der Waals surface area contributed by atoms with Crippen LogP contribution in [0.2, 0.25) is 0 Å². The molecule has 0 aromatic carbocycles. The van der Waals surface area contributed by atoms with E-state index in [0.29, 0.717) is 11.7 Å². The lowest BCUT2D eigenvalue weighted by molar-refractivity contribution is -0.153. The second-order valence-corrected chi connectivity index (χ2v) is 8.88. The maximum atomic E-state index is 12.4. The van der Waals surface area contributed by atoms with Crippen molar-refractivity contribution in [2.75, 3.05) is 0 Å². The van der Waals surface area contributed by atoms with Gasteiger partial charge in [0.25, 0.3) is 0 Å². The molecule has 0 radical (unpaired) electrons. The molecule has 4 nitrogen and oxygen atoms in total. The van der Waals surface area contributed by atoms with Crippen molar-refractivity contribution in [3.05, 3.63) is 24.0 Å². The van der Waals surface area contributed by atoms with Crippen LogP contribution >= 0.6 is 0 Å². The molecule has 0 aromatic heterocycles. The van der Waals surface area contributed by atoms with Crippen LogP contribution in [0.3, 0.4) is 0 Å². The summed E-state index contributed by atoms with van der Waals surface area (Å²) in [6.45, 7) is 8.29. The van der Waals surface area contributed by atoms with Crippen LogP contribution in [0.1, 0.15) is 85.5 Å². The molecule has 0 aromatic rings. The van der Waals surface area contributed by atoms with Crippen LogP contribution in [0.5, 0.6) is 0 Å². The van der Waals surface area contributed by atoms with Gasteiger partial charge in [0, 0.05) is 0 Å². The summed E-state index contributed by atoms with van der Waals surface area (Å²) < 4.78 is 11.2. The lowest BCUT2D eigenvalue weighted by atomic mass is 9.83. The standard InChI is InChI=1S/C24H38O4/c1-5-22(28-24(26)21-15-11-18(3)12-16-21)8-6-7-19(4)27-23(25)20-13-9-17(2)10-14-20/h6-8,17-18,20-22H,5,9-16H2,1-4H3/b8-6?,19-7+. The van der Waals surface area contributed by atoms with Crippen LogP contribution in [-0.4, -0.2) is 18.0 Å². The number of esters is 2. The summed E-state index contributed by atoms with van der Waals surface area (Å²) in [5.74, 6) is 1.93. The summed E-state index contributed by atoms with van der Waals surface area (Å²) in [6, 6.07) is 0. The van der Waals surface area contributed by atoms with Gasteiger partial charge in [-0.15, -0.1) is 0 Å². The fourth-order valence-electron chi connectivity index (χ4n) is 4.09. The zero-order valence-corrected chi connectivity index (χ0v) is 18.1. The van der Waals surface area contributed by atoms with Crippen LogP contribution in [0.15, 0.2) is 24.0 Å². The molecule has 0 N–H and O–H groups in total. The normalized spacial score (nSPS) is 30.1. The number of hydrogen-bond donors (Lipinski definition) is 0. The van der Waals surface area contributed by atoms with Crippen molar-refractivity contribution < 1.29 is 19.1 Å². The number of rotatable bonds is 7. The fraction of sp³-hybridized carbons (Fsp3) is 0.750. The highest BCUT2D eigenvalue weighted by Crippen LogP contribution is 2.30. The Morgan fingerprint density at radius 2 is 1.39 bits per heavy atom. The second-order valence-electron chi connectivity index (χ2n) is 8.88. The molecule has 158 valence electrons. The predicted molar refractivity (Wildman–Crippen MR) is 111 cm³/mol. The van der Waals surface area contributed by atoms with Crippen LogP contribution in [-0.2, 0) is 19.1 Å². The van der Waals surface area contributed by atoms with E-state index in [-0.39, 0.29) is 29.9 Å². The zero-order chi connectivity index (χ0) is 20.5. The molecule has 1 atom stereocenters. The minimum Gasteiger partial charge on any atom is -0.458 e. The zero-order valence-electron chi connectivity index (χ0n) is 18.1. The number of carbonyl (C=O) groups excluding carboxylic acids is 2. The monoisotopic (exact) mass is 390 g/mol. The number of ether oxygens (including phenoxy) is 2. The van der Waals surface area contributed by atoms with Crippen molar-refractivity contribution in [3.8, 4) is 0 Å². The predicted octanol–water partition coefficient (Wildman–Crippen LogP) is 5.96. The van der Waals surface area contributed by atoms with Crippen molar-refractivity contribution in [2.24, 2.45) is 23.7 Å². The molecule has 2 saturated carbocycles. The van der Waals surface area contributed by atoms with E-state index in [1.54, 1.807) is 13.0 Å². The molecule has 2 rings (SSSR count). The van der Waals surface area contributed by atoms with E-state index in [1.165, 1.54) is 0 Å². The molecule has 0 saturated heterocycles. The molecule has 1 unspecified atom stereocenters. The quantitative estimate of drug-likeness (QED) is 0.305. The maximum Gasteiger partial charge on any atom is 0.313 e. The van der Waals surface area contributed by atoms with Crippen LogP contribution in [0.25, 0.3) is 0 Å². The lowest BCUT2D eigenvalue weighted by Gasteiger charge is -2.25. The van der Waals surface area contributed by atoms with Gasteiger partial charge < -0.3 is 9.47 Å². The molecule has 28 heavy (non-hydrogen) atoms. The van der Waals surface area contributed by atoms with Crippen molar-refractivity contribution in [1.29, 1.82) is 0 Å². The maximum absolute atomic E-state index is 12.4. The van der Waals surface area contributed by atoms with Crippen molar-refractivity contribution in [3.63, 3.8) is 0 Å². The molecular formula is C24H38O4. The lowest BCUT2D eigenvalue weighted by Crippen LogP contribution is -2.26. The molecule has 2 fully saturated rings. The fourth-order valence-corrected chi connectivity index (χ4v) is 4.09. The van der Waals surface area contributed by atoms with E-state index >= 15 is 0 Å². The van der Waals surface area contributed by atoms with Gasteiger partial charge in [-0.1, -0.05) is 26.8 Å². The molecule has 0 heterocycles. The van der Waals surface area contributed by atoms with Gasteiger partial charge in [-0.2, -0.15) is 0 Å². The third-order valence-electron chi connectivity index (χ3n) is 6.29. The van der Waals surface area contributed by atoms with Crippen molar-refractivity contribution in [1.82, 2.24) is 0 Å². The Morgan fingerprint density at radius 3 is 1.89 bits per heavy atom. The van der Waals surface area contributed by atoms with Gasteiger partial charge in [0.2, 0.25) is 0 Å². The van der Waals surface area contributed by atoms with E-state index in [1.807, 2.05) is 19.1 Å². The Labute approximate surface area is 170 Å². The van der Waals surface area contributed by atoms with Gasteiger partial charge in [-0.25, -0.2) is 0 Å². The Bertz CT molecular complexity index is 561. The highest BCUT2D eigenvalue weighted by atomic mass is 16.5. The van der Waals surface area contributed by atoms with Crippen LogP contribution in [0.4, 0.5) is 0 Å². The molecule has 4 heteroatoms. The van der Waals surface area contributed by atoms with E-state index < -0.39 is 0 Å². The molecule has 0 amide bonds. The Kier molecular flexibility index (Phi) is 9.27. The topological polar surface area (TPSA) is 52.6 Å². The van der Waals surface area contributed by atoms with E-state index in [0.717, 1.165) is 63.7 Å². The molecular weight excluding hydrogens is 352 g/mol. The van der Waals surface area contributed by atoms with E-state index in [4.69, 9.17) is 9.47 Å². The van der Waals surface area contributed by atoms with E-state index in [2.05, 4.69) is 13.8 Å². The van der Waals surface area contributed by atoms with Gasteiger partial charge in [-0.05, 0) is 88.7 Å². The first-order valence-corrected chi connectivity index (χ1v) is 11.2. The van der Waals surface area contributed by atoms with Gasteiger partial charge >= 0.3 is 11.9 Å². The Morgan fingerprint density at radius 1 is 0.893 bits per heavy atom. The van der Waals surface area contributed by atoms with E-state index in [9.17, 15) is 9.59 Å². The molecule has 0 aliphatic heterocycles. The van der Waals surface area contributed by atoms with Gasteiger partial charge in [0.1, 0.15) is 11.9 Å². The molecule has 0 spiro atoms. The largest absolute Gasteiger partial charge is 0.458 e. The summed E-state index contributed by atoms with van der Waals surface area (Å²) in [5.41, 5.74) is 0. The second kappa shape index (κ2) is 11.4. The Hall–Kier alpha value is -1.58. The van der Waals surface area contributed by atoms with Gasteiger partial charge in [0.05, 0.1) is 11.8 Å². The Balaban J connectivity index is 1.77. The van der Waals surface area contributed by atoms with Crippen molar-refractivity contribution >= 4 is 11.9 Å². The summed E-state index contributed by atoms with van der Waals surface area (Å²) >= 11 is 0. The third-order valence-corrected chi connectivity index (χ3v) is 6.29. The van der Waals surface area contributed by atoms with Gasteiger partial charge in [-0.3, -0.25) is 9.59 Å². The first kappa shape index (κ1) is 22.7. The minimum absolute atomic E-state index is 0.0334. The van der Waals surface area contributed by atoms with Crippen LogP contribution in [0, 0.1) is 23.7 Å². The smallest absolute Gasteiger partial charge is 0.313 e. The summed E-state index contributed by atoms with van der Waals surface area (Å²) in [7, 11) is 0. The summed E-state index contributed by atoms with van der Waals surface area (Å²) in [5, 5.41) is 0. The van der Waals surface area contributed by atoms with Crippen LogP contribution < -0.4 is 0 Å². The number of hydrogen-bond acceptors (Lipinski definition) is 4. The first-order chi connectivity index (χ1) is 13.4.